The number of methoxy groups -OCH3 is 3. The molecule has 4 aliphatic carbocycles. The number of benzene rings is 4. The fraction of sp³-hybridized carbons (Fsp3) is 0.548. The van der Waals surface area contributed by atoms with Gasteiger partial charge in [0.15, 0.2) is 5.78 Å². The highest BCUT2D eigenvalue weighted by molar-refractivity contribution is 7.94. The number of anilines is 2. The van der Waals surface area contributed by atoms with E-state index in [1.807, 2.05) is 38.1 Å². The van der Waals surface area contributed by atoms with Gasteiger partial charge in [-0.25, -0.2) is 8.42 Å². The molecule has 1 saturated heterocycles. The number of hydrogen-bond acceptors (Lipinski definition) is 18. The van der Waals surface area contributed by atoms with Crippen LogP contribution in [-0.2, 0) is 71.6 Å². The number of ether oxygens (including phenoxy) is 7. The Morgan fingerprint density at radius 3 is 1.69 bits per heavy atom. The molecule has 7 heterocycles. The van der Waals surface area contributed by atoms with Crippen LogP contribution in [0.4, 0.5) is 11.4 Å². The van der Waals surface area contributed by atoms with Crippen LogP contribution < -0.4 is 33.5 Å². The second-order valence-corrected chi connectivity index (χ2v) is 36.7. The SMILES string of the molecule is CO[C@H]1/C=C/C[C@H](C)CS(=O)(NC(=O)c2cn(C)nc2OCCN2CCOCC2)=NC(=O)c2ccc3c(c2)N(C[C@@H]2CC[C@H]21)C[C@@]1(CCCc2cc(C)ccc21)CO3.COc1nn(C)cc1C(=O)C[S@@]1(=O)=NC(=O)c2ccc3c(c2)N(C[C@@H]2CC[C@H]2[C@@H](OC)/C=C/C[C@H](C)C1)C[C@@]1(CCCc2cc(C)ccc21)CO3. The first kappa shape index (κ1) is 77.5. The predicted molar refractivity (Wildman–Crippen MR) is 422 cm³/mol. The van der Waals surface area contributed by atoms with Gasteiger partial charge >= 0.3 is 0 Å². The highest BCUT2D eigenvalue weighted by Gasteiger charge is 2.47. The number of hydrogen-bond donors (Lipinski definition) is 1. The molecule has 23 nitrogen and oxygen atoms in total. The van der Waals surface area contributed by atoms with Crippen LogP contribution in [0.1, 0.15) is 153 Å². The second-order valence-electron chi connectivity index (χ2n) is 32.3. The van der Waals surface area contributed by atoms with Crippen LogP contribution in [-0.4, -0.2) is 186 Å². The number of rotatable bonds is 12. The summed E-state index contributed by atoms with van der Waals surface area (Å²) in [6, 6.07) is 24.5. The van der Waals surface area contributed by atoms with Crippen molar-refractivity contribution in [3.8, 4) is 23.3 Å². The van der Waals surface area contributed by atoms with Crippen molar-refractivity contribution in [1.29, 1.82) is 0 Å². The Morgan fingerprint density at radius 2 is 1.17 bits per heavy atom. The van der Waals surface area contributed by atoms with E-state index < -0.39 is 48.9 Å². The Kier molecular flexibility index (Phi) is 23.5. The van der Waals surface area contributed by atoms with Crippen molar-refractivity contribution in [3.63, 3.8) is 0 Å². The lowest BCUT2D eigenvalue weighted by Crippen LogP contribution is -2.49. The van der Waals surface area contributed by atoms with Crippen LogP contribution in [0.5, 0.6) is 23.3 Å². The molecule has 2 aromatic heterocycles. The van der Waals surface area contributed by atoms with Gasteiger partial charge < -0.3 is 43.0 Å². The zero-order valence-electron chi connectivity index (χ0n) is 64.8. The van der Waals surface area contributed by atoms with E-state index in [2.05, 4.69) is 113 Å². The molecular formula is C84H108N10O13S2. The molecule has 1 unspecified atom stereocenters. The average Bonchev–Trinajstić information content (AvgIpc) is 1.69. The summed E-state index contributed by atoms with van der Waals surface area (Å²) < 4.78 is 86.3. The molecule has 25 heteroatoms. The van der Waals surface area contributed by atoms with Crippen molar-refractivity contribution in [2.24, 2.45) is 58.3 Å². The van der Waals surface area contributed by atoms with Gasteiger partial charge in [-0.3, -0.25) is 38.2 Å². The van der Waals surface area contributed by atoms with E-state index in [1.165, 1.54) is 56.1 Å². The molecule has 12 atom stereocenters. The predicted octanol–water partition coefficient (Wildman–Crippen LogP) is 11.8. The maximum Gasteiger partial charge on any atom is 0.286 e. The van der Waals surface area contributed by atoms with Crippen molar-refractivity contribution in [2.45, 2.75) is 128 Å². The highest BCUT2D eigenvalue weighted by atomic mass is 32.2. The number of fused-ring (bicyclic) bond motifs is 8. The lowest BCUT2D eigenvalue weighted by atomic mass is 9.68. The third-order valence-corrected chi connectivity index (χ3v) is 28.4. The third kappa shape index (κ3) is 17.2. The quantitative estimate of drug-likeness (QED) is 0.0883. The van der Waals surface area contributed by atoms with Gasteiger partial charge in [-0.1, -0.05) is 85.7 Å². The Morgan fingerprint density at radius 1 is 0.642 bits per heavy atom. The van der Waals surface area contributed by atoms with E-state index in [-0.39, 0.29) is 74.8 Å². The van der Waals surface area contributed by atoms with Crippen LogP contribution in [0.15, 0.2) is 118 Å². The molecule has 3 amide bonds. The number of aryl methyl sites for hydroxylation is 6. The van der Waals surface area contributed by atoms with E-state index in [0.29, 0.717) is 87.4 Å². The van der Waals surface area contributed by atoms with Gasteiger partial charge in [-0.05, 0) is 185 Å². The smallest absolute Gasteiger partial charge is 0.286 e. The maximum absolute atomic E-state index is 14.9. The standard InChI is InChI=1S/C44H58N6O7S.C40H50N4O6S/c1-30-10-14-37-32(23-30)8-6-16-44(37)28-50-25-34-11-13-35(34)39(54-4)9-5-7-31(2)27-58(53,46-41(51)33-12-15-40(57-29-44)38(50)24-33)47-42(52)36-26-48(3)45-43(36)56-22-19-49-17-20-55-21-18-49;1-26-11-15-33-28(18-26)9-7-17-40(33)24-44-20-30-12-14-31(30)36(48-4)10-6-8-27(2)22-51(47,23-35(45)32-21-43(3)41-39(32)49-5)42-38(46)29-13-16-37(50-25-40)34(44)19-29/h5,9-10,12,14-15,23-24,26,31,34-35,39H,6-8,11,13,16-22,25,27-29H2,1-4H3,(H,46,47,51,52,53);6,10-11,13,15-16,18-19,21,27,30-31,36H,7-9,12,14,17,20,22-25H2,1-5H3/b9-5+;10-6+/t31-,34-,35+,39-,44-,58?;27-,30-,31+,36-,40-,51+/m00/s1. The van der Waals surface area contributed by atoms with Crippen molar-refractivity contribution in [1.82, 2.24) is 29.2 Å². The first-order valence-corrected chi connectivity index (χ1v) is 42.6. The van der Waals surface area contributed by atoms with Crippen LogP contribution in [0.2, 0.25) is 0 Å². The molecule has 1 N–H and O–H groups in total. The van der Waals surface area contributed by atoms with Gasteiger partial charge in [0.05, 0.1) is 78.4 Å². The first-order chi connectivity index (χ1) is 52.5. The summed E-state index contributed by atoms with van der Waals surface area (Å²) in [4.78, 5) is 63.0. The first-order valence-electron chi connectivity index (χ1n) is 39.1. The molecule has 584 valence electrons. The van der Waals surface area contributed by atoms with E-state index in [1.54, 1.807) is 46.6 Å². The van der Waals surface area contributed by atoms with E-state index >= 15 is 0 Å². The molecule has 0 radical (unpaired) electrons. The molecule has 4 bridgehead atoms. The summed E-state index contributed by atoms with van der Waals surface area (Å²) in [5.74, 6) is 0.223. The lowest BCUT2D eigenvalue weighted by Gasteiger charge is -2.46. The Bertz CT molecular complexity index is 4720. The molecule has 4 aromatic carbocycles. The number of carbonyl (C=O) groups excluding carboxylic acids is 4. The fourth-order valence-electron chi connectivity index (χ4n) is 18.3. The minimum absolute atomic E-state index is 0.0341. The summed E-state index contributed by atoms with van der Waals surface area (Å²) in [6.45, 7) is 16.3. The summed E-state index contributed by atoms with van der Waals surface area (Å²) in [5, 5.41) is 8.57. The number of carbonyl (C=O) groups is 4. The second kappa shape index (κ2) is 33.0. The van der Waals surface area contributed by atoms with Gasteiger partial charge in [-0.2, -0.15) is 4.36 Å². The number of aromatic nitrogens is 4. The third-order valence-electron chi connectivity index (χ3n) is 24.2. The number of morpholine rings is 1. The van der Waals surface area contributed by atoms with E-state index in [0.717, 1.165) is 121 Å². The molecular weight excluding hydrogens is 1420 g/mol. The van der Waals surface area contributed by atoms with Crippen LogP contribution >= 0.6 is 0 Å². The summed E-state index contributed by atoms with van der Waals surface area (Å²) in [5.41, 5.74) is 10.2. The van der Waals surface area contributed by atoms with Crippen LogP contribution in [0.3, 0.4) is 0 Å². The van der Waals surface area contributed by atoms with Crippen LogP contribution in [0, 0.1) is 49.4 Å². The number of nitrogens with zero attached hydrogens (tertiary/aromatic N) is 9. The van der Waals surface area contributed by atoms with Gasteiger partial charge in [0.2, 0.25) is 11.8 Å². The summed E-state index contributed by atoms with van der Waals surface area (Å²) in [7, 11) is 1.40. The lowest BCUT2D eigenvalue weighted by molar-refractivity contribution is 0.0131. The average molecular weight is 1530 g/mol. The Balaban J connectivity index is 0.000000184. The minimum atomic E-state index is -3.63. The van der Waals surface area contributed by atoms with E-state index in [9.17, 15) is 27.6 Å². The number of nitrogens with one attached hydrogen (secondary N) is 1. The van der Waals surface area contributed by atoms with Crippen LogP contribution in [0.25, 0.3) is 0 Å². The molecule has 2 spiro atoms. The maximum atomic E-state index is 14.9. The van der Waals surface area contributed by atoms with Gasteiger partial charge in [0, 0.05) is 114 Å². The minimum Gasteiger partial charge on any atom is -0.490 e. The summed E-state index contributed by atoms with van der Waals surface area (Å²) >= 11 is 0. The van der Waals surface area contributed by atoms with Gasteiger partial charge in [0.25, 0.3) is 17.7 Å². The van der Waals surface area contributed by atoms with E-state index in [4.69, 9.17) is 33.2 Å². The number of ketones is 1. The molecule has 2 saturated carbocycles. The highest BCUT2D eigenvalue weighted by Crippen LogP contribution is 2.50. The fourth-order valence-corrected chi connectivity index (χ4v) is 22.4. The molecule has 3 fully saturated rings. The molecule has 5 aliphatic heterocycles. The zero-order chi connectivity index (χ0) is 76.4. The normalized spacial score (nSPS) is 29.7. The molecule has 109 heavy (non-hydrogen) atoms. The largest absolute Gasteiger partial charge is 0.490 e. The monoisotopic (exact) mass is 1530 g/mol. The van der Waals surface area contributed by atoms with Crippen molar-refractivity contribution >= 4 is 54.5 Å². The molecule has 15 rings (SSSR count). The Hall–Kier alpha value is -8.20. The number of amides is 3. The molecule has 9 aliphatic rings. The number of Topliss-reactive ketones (excluding diaryl/α,β-unsaturated/α-hetero) is 1. The number of allylic oxidation sites excluding steroid dienone is 2. The van der Waals surface area contributed by atoms with Gasteiger partial charge in [-0.15, -0.1) is 14.6 Å². The Labute approximate surface area is 642 Å². The summed E-state index contributed by atoms with van der Waals surface area (Å²) in [6.07, 6.45) is 23.3. The molecule has 6 aromatic rings. The topological polar surface area (TPSA) is 249 Å². The van der Waals surface area contributed by atoms with Crippen molar-refractivity contribution in [3.05, 3.63) is 165 Å². The van der Waals surface area contributed by atoms with Gasteiger partial charge in [0.1, 0.15) is 39.1 Å². The van der Waals surface area contributed by atoms with Crippen molar-refractivity contribution < 1.29 is 60.8 Å². The van der Waals surface area contributed by atoms with Crippen molar-refractivity contribution in [2.75, 3.05) is 127 Å². The zero-order valence-corrected chi connectivity index (χ0v) is 66.4.